The molecule has 2 rings (SSSR count). The first-order valence-corrected chi connectivity index (χ1v) is 7.31. The van der Waals surface area contributed by atoms with E-state index >= 15 is 0 Å². The fraction of sp³-hybridized carbons (Fsp3) is 0.200. The van der Waals surface area contributed by atoms with Gasteiger partial charge >= 0.3 is 0 Å². The molecule has 0 aliphatic carbocycles. The minimum Gasteiger partial charge on any atom is -0.117 e. The molecule has 3 heteroatoms. The number of halogens is 3. The average molecular weight is 344 g/mol. The van der Waals surface area contributed by atoms with Gasteiger partial charge in [0, 0.05) is 9.50 Å². The topological polar surface area (TPSA) is 0 Å². The van der Waals surface area contributed by atoms with E-state index in [-0.39, 0.29) is 5.38 Å². The van der Waals surface area contributed by atoms with Crippen LogP contribution in [0.25, 0.3) is 0 Å². The van der Waals surface area contributed by atoms with Gasteiger partial charge in [-0.3, -0.25) is 0 Å². The number of rotatable bonds is 3. The Labute approximate surface area is 126 Å². The van der Waals surface area contributed by atoms with Gasteiger partial charge in [0.2, 0.25) is 0 Å². The molecule has 2 aromatic rings. The number of benzene rings is 2. The van der Waals surface area contributed by atoms with Crippen molar-refractivity contribution in [1.29, 1.82) is 0 Å². The number of hydrogen-bond acceptors (Lipinski definition) is 0. The van der Waals surface area contributed by atoms with Crippen molar-refractivity contribution >= 4 is 39.1 Å². The highest BCUT2D eigenvalue weighted by atomic mass is 79.9. The maximum Gasteiger partial charge on any atom is 0.0628 e. The van der Waals surface area contributed by atoms with E-state index in [0.717, 1.165) is 27.0 Å². The highest BCUT2D eigenvalue weighted by molar-refractivity contribution is 9.10. The molecule has 0 heterocycles. The highest BCUT2D eigenvalue weighted by Gasteiger charge is 2.11. The number of alkyl halides is 1. The monoisotopic (exact) mass is 342 g/mol. The Morgan fingerprint density at radius 3 is 2.39 bits per heavy atom. The fourth-order valence-corrected chi connectivity index (χ4v) is 2.84. The second kappa shape index (κ2) is 6.10. The molecule has 94 valence electrons. The van der Waals surface area contributed by atoms with Crippen LogP contribution in [0.1, 0.15) is 22.1 Å². The van der Waals surface area contributed by atoms with Gasteiger partial charge in [0.15, 0.2) is 0 Å². The molecule has 1 atom stereocenters. The van der Waals surface area contributed by atoms with Gasteiger partial charge < -0.3 is 0 Å². The summed E-state index contributed by atoms with van der Waals surface area (Å²) in [7, 11) is 0. The zero-order valence-electron chi connectivity index (χ0n) is 9.96. The zero-order chi connectivity index (χ0) is 13.1. The standard InChI is InChI=1S/C15H13BrCl2/c1-10-8-13(17)6-7-14(10)15(18)9-11-2-4-12(16)5-3-11/h2-8,15H,9H2,1H3. The molecule has 0 nitrogen and oxygen atoms in total. The first-order chi connectivity index (χ1) is 8.56. The van der Waals surface area contributed by atoms with Gasteiger partial charge in [0.05, 0.1) is 5.38 Å². The summed E-state index contributed by atoms with van der Waals surface area (Å²) in [5.74, 6) is 0. The molecule has 1 unspecified atom stereocenters. The van der Waals surface area contributed by atoms with E-state index < -0.39 is 0 Å². The lowest BCUT2D eigenvalue weighted by molar-refractivity contribution is 0.910. The van der Waals surface area contributed by atoms with Crippen LogP contribution in [0.5, 0.6) is 0 Å². The van der Waals surface area contributed by atoms with Crippen LogP contribution in [0.15, 0.2) is 46.9 Å². The first-order valence-electron chi connectivity index (χ1n) is 5.71. The fourth-order valence-electron chi connectivity index (χ4n) is 1.93. The van der Waals surface area contributed by atoms with Gasteiger partial charge in [0.25, 0.3) is 0 Å². The number of aryl methyl sites for hydroxylation is 1. The SMILES string of the molecule is Cc1cc(Cl)ccc1C(Cl)Cc1ccc(Br)cc1. The molecule has 18 heavy (non-hydrogen) atoms. The molecule has 0 amide bonds. The summed E-state index contributed by atoms with van der Waals surface area (Å²) in [5.41, 5.74) is 3.51. The van der Waals surface area contributed by atoms with Crippen LogP contribution in [-0.4, -0.2) is 0 Å². The Balaban J connectivity index is 2.16. The molecular weight excluding hydrogens is 331 g/mol. The van der Waals surface area contributed by atoms with Crippen LogP contribution in [0.2, 0.25) is 5.02 Å². The van der Waals surface area contributed by atoms with Crippen molar-refractivity contribution in [2.45, 2.75) is 18.7 Å². The Bertz CT molecular complexity index is 535. The smallest absolute Gasteiger partial charge is 0.0628 e. The van der Waals surface area contributed by atoms with E-state index in [9.17, 15) is 0 Å². The molecule has 0 saturated carbocycles. The summed E-state index contributed by atoms with van der Waals surface area (Å²) in [6, 6.07) is 14.1. The second-order valence-corrected chi connectivity index (χ2v) is 6.18. The van der Waals surface area contributed by atoms with Crippen LogP contribution in [0.3, 0.4) is 0 Å². The highest BCUT2D eigenvalue weighted by Crippen LogP contribution is 2.29. The minimum atomic E-state index is -0.0246. The quantitative estimate of drug-likeness (QED) is 0.605. The van der Waals surface area contributed by atoms with Crippen LogP contribution < -0.4 is 0 Å². The van der Waals surface area contributed by atoms with Crippen molar-refractivity contribution in [3.05, 3.63) is 68.7 Å². The summed E-state index contributed by atoms with van der Waals surface area (Å²) in [5, 5.41) is 0.729. The predicted octanol–water partition coefficient (Wildman–Crippen LogP) is 5.93. The summed E-state index contributed by atoms with van der Waals surface area (Å²) in [6.45, 7) is 2.04. The summed E-state index contributed by atoms with van der Waals surface area (Å²) in [4.78, 5) is 0. The van der Waals surface area contributed by atoms with E-state index in [2.05, 4.69) is 28.1 Å². The van der Waals surface area contributed by atoms with E-state index in [4.69, 9.17) is 23.2 Å². The molecule has 0 fully saturated rings. The molecular formula is C15H13BrCl2. The van der Waals surface area contributed by atoms with Gasteiger partial charge in [-0.2, -0.15) is 0 Å². The molecule has 0 N–H and O–H groups in total. The molecule has 0 bridgehead atoms. The summed E-state index contributed by atoms with van der Waals surface area (Å²) >= 11 is 15.9. The molecule has 2 aromatic carbocycles. The second-order valence-electron chi connectivity index (χ2n) is 4.30. The molecule has 0 aliphatic rings. The lowest BCUT2D eigenvalue weighted by Gasteiger charge is -2.13. The van der Waals surface area contributed by atoms with Crippen molar-refractivity contribution in [1.82, 2.24) is 0 Å². The van der Waals surface area contributed by atoms with E-state index in [0.29, 0.717) is 0 Å². The maximum atomic E-state index is 6.48. The van der Waals surface area contributed by atoms with Crippen molar-refractivity contribution < 1.29 is 0 Å². The van der Waals surface area contributed by atoms with Crippen molar-refractivity contribution in [3.8, 4) is 0 Å². The van der Waals surface area contributed by atoms with Gasteiger partial charge in [-0.15, -0.1) is 11.6 Å². The lowest BCUT2D eigenvalue weighted by atomic mass is 10.0. The summed E-state index contributed by atoms with van der Waals surface area (Å²) < 4.78 is 1.08. The Hall–Kier alpha value is -0.500. The van der Waals surface area contributed by atoms with E-state index in [1.54, 1.807) is 0 Å². The van der Waals surface area contributed by atoms with Crippen LogP contribution >= 0.6 is 39.1 Å². The van der Waals surface area contributed by atoms with Crippen molar-refractivity contribution in [3.63, 3.8) is 0 Å². The Morgan fingerprint density at radius 1 is 1.11 bits per heavy atom. The van der Waals surface area contributed by atoms with Crippen LogP contribution in [0, 0.1) is 6.92 Å². The Kier molecular flexibility index (Phi) is 4.71. The molecule has 0 saturated heterocycles. The Morgan fingerprint density at radius 2 is 1.78 bits per heavy atom. The molecule has 0 radical (unpaired) electrons. The largest absolute Gasteiger partial charge is 0.117 e. The van der Waals surface area contributed by atoms with E-state index in [1.807, 2.05) is 37.3 Å². The molecule has 0 spiro atoms. The van der Waals surface area contributed by atoms with Gasteiger partial charge in [-0.05, 0) is 54.3 Å². The van der Waals surface area contributed by atoms with Crippen molar-refractivity contribution in [2.24, 2.45) is 0 Å². The normalized spacial score (nSPS) is 12.4. The number of hydrogen-bond donors (Lipinski definition) is 0. The van der Waals surface area contributed by atoms with Crippen LogP contribution in [0.4, 0.5) is 0 Å². The predicted molar refractivity (Wildman–Crippen MR) is 82.6 cm³/mol. The first kappa shape index (κ1) is 13.9. The van der Waals surface area contributed by atoms with Crippen LogP contribution in [-0.2, 0) is 6.42 Å². The maximum absolute atomic E-state index is 6.48. The minimum absolute atomic E-state index is 0.0246. The third-order valence-corrected chi connectivity index (χ3v) is 4.05. The summed E-state index contributed by atoms with van der Waals surface area (Å²) in [6.07, 6.45) is 0.817. The zero-order valence-corrected chi connectivity index (χ0v) is 13.1. The third kappa shape index (κ3) is 3.50. The molecule has 0 aromatic heterocycles. The average Bonchev–Trinajstić information content (AvgIpc) is 2.32. The van der Waals surface area contributed by atoms with E-state index in [1.165, 1.54) is 5.56 Å². The third-order valence-electron chi connectivity index (χ3n) is 2.90. The molecule has 0 aliphatic heterocycles. The lowest BCUT2D eigenvalue weighted by Crippen LogP contribution is -1.98. The van der Waals surface area contributed by atoms with Crippen molar-refractivity contribution in [2.75, 3.05) is 0 Å². The van der Waals surface area contributed by atoms with Gasteiger partial charge in [-0.25, -0.2) is 0 Å². The van der Waals surface area contributed by atoms with Gasteiger partial charge in [0.1, 0.15) is 0 Å². The van der Waals surface area contributed by atoms with Gasteiger partial charge in [-0.1, -0.05) is 45.7 Å².